The summed E-state index contributed by atoms with van der Waals surface area (Å²) in [4.78, 5) is 27.3. The molecule has 0 aliphatic rings. The Morgan fingerprint density at radius 1 is 1.08 bits per heavy atom. The number of nitrogens with one attached hydrogen (secondary N) is 2. The molecule has 0 saturated carbocycles. The average molecular weight is 357 g/mol. The molecular formula is C19H14ClFN2O2. The van der Waals surface area contributed by atoms with E-state index in [0.29, 0.717) is 22.0 Å². The zero-order valence-corrected chi connectivity index (χ0v) is 14.0. The fourth-order valence-corrected chi connectivity index (χ4v) is 2.56. The normalized spacial score (nSPS) is 10.5. The average Bonchev–Trinajstić information content (AvgIpc) is 2.59. The van der Waals surface area contributed by atoms with E-state index in [4.69, 9.17) is 11.6 Å². The molecule has 0 aliphatic carbocycles. The van der Waals surface area contributed by atoms with E-state index in [2.05, 4.69) is 10.3 Å². The van der Waals surface area contributed by atoms with Gasteiger partial charge in [0, 0.05) is 16.4 Å². The summed E-state index contributed by atoms with van der Waals surface area (Å²) in [6.45, 7) is 1.78. The molecule has 0 bridgehead atoms. The van der Waals surface area contributed by atoms with Gasteiger partial charge in [-0.05, 0) is 66.6 Å². The molecule has 3 aromatic rings. The van der Waals surface area contributed by atoms with Crippen molar-refractivity contribution in [3.8, 4) is 11.3 Å². The number of aromatic nitrogens is 1. The second-order valence-corrected chi connectivity index (χ2v) is 5.90. The standard InChI is InChI=1S/C19H14ClFN2O2/c1-11-15(20)3-2-4-16(11)22-18(24)14-9-10-17(23-19(14)25)12-5-7-13(21)8-6-12/h2-10H,1H3,(H,22,24)(H,23,25). The molecule has 0 spiro atoms. The van der Waals surface area contributed by atoms with Gasteiger partial charge in [0.25, 0.3) is 11.5 Å². The number of halogens is 2. The summed E-state index contributed by atoms with van der Waals surface area (Å²) in [5.41, 5.74) is 1.86. The van der Waals surface area contributed by atoms with Gasteiger partial charge in [0.2, 0.25) is 0 Å². The molecule has 1 heterocycles. The number of aromatic amines is 1. The highest BCUT2D eigenvalue weighted by Crippen LogP contribution is 2.23. The zero-order valence-electron chi connectivity index (χ0n) is 13.3. The van der Waals surface area contributed by atoms with Crippen LogP contribution < -0.4 is 10.9 Å². The molecule has 1 aromatic heterocycles. The Balaban J connectivity index is 1.88. The predicted octanol–water partition coefficient (Wildman–Crippen LogP) is 4.40. The minimum Gasteiger partial charge on any atom is -0.322 e. The first-order chi connectivity index (χ1) is 12.0. The van der Waals surface area contributed by atoms with Gasteiger partial charge < -0.3 is 10.3 Å². The lowest BCUT2D eigenvalue weighted by atomic mass is 10.1. The molecule has 0 atom stereocenters. The van der Waals surface area contributed by atoms with Crippen LogP contribution in [0, 0.1) is 12.7 Å². The Bertz CT molecular complexity index is 997. The molecule has 2 aromatic carbocycles. The summed E-state index contributed by atoms with van der Waals surface area (Å²) < 4.78 is 13.0. The summed E-state index contributed by atoms with van der Waals surface area (Å²) in [6.07, 6.45) is 0. The molecule has 0 aliphatic heterocycles. The summed E-state index contributed by atoms with van der Waals surface area (Å²) in [5.74, 6) is -0.892. The van der Waals surface area contributed by atoms with E-state index in [1.54, 1.807) is 43.3 Å². The Hall–Kier alpha value is -2.92. The van der Waals surface area contributed by atoms with E-state index in [0.717, 1.165) is 5.56 Å². The van der Waals surface area contributed by atoms with Gasteiger partial charge in [-0.2, -0.15) is 0 Å². The number of benzene rings is 2. The maximum absolute atomic E-state index is 13.0. The van der Waals surface area contributed by atoms with Crippen molar-refractivity contribution in [1.29, 1.82) is 0 Å². The van der Waals surface area contributed by atoms with Crippen LogP contribution in [0.5, 0.6) is 0 Å². The van der Waals surface area contributed by atoms with Crippen LogP contribution in [-0.2, 0) is 0 Å². The van der Waals surface area contributed by atoms with E-state index in [9.17, 15) is 14.0 Å². The van der Waals surface area contributed by atoms with Gasteiger partial charge in [-0.1, -0.05) is 17.7 Å². The number of anilines is 1. The predicted molar refractivity (Wildman–Crippen MR) is 96.6 cm³/mol. The molecule has 0 radical (unpaired) electrons. The number of carbonyl (C=O) groups excluding carboxylic acids is 1. The minimum atomic E-state index is -0.530. The van der Waals surface area contributed by atoms with Crippen LogP contribution in [0.1, 0.15) is 15.9 Å². The number of hydrogen-bond donors (Lipinski definition) is 2. The van der Waals surface area contributed by atoms with Crippen molar-refractivity contribution < 1.29 is 9.18 Å². The number of hydrogen-bond acceptors (Lipinski definition) is 2. The fourth-order valence-electron chi connectivity index (χ4n) is 2.38. The molecule has 6 heteroatoms. The fraction of sp³-hybridized carbons (Fsp3) is 0.0526. The van der Waals surface area contributed by atoms with Crippen LogP contribution in [0.2, 0.25) is 5.02 Å². The van der Waals surface area contributed by atoms with Crippen molar-refractivity contribution in [2.75, 3.05) is 5.32 Å². The van der Waals surface area contributed by atoms with Crippen LogP contribution in [0.25, 0.3) is 11.3 Å². The summed E-state index contributed by atoms with van der Waals surface area (Å²) in [7, 11) is 0. The van der Waals surface area contributed by atoms with Crippen LogP contribution in [0.3, 0.4) is 0 Å². The number of H-pyrrole nitrogens is 1. The van der Waals surface area contributed by atoms with Gasteiger partial charge in [-0.3, -0.25) is 9.59 Å². The van der Waals surface area contributed by atoms with Crippen LogP contribution in [0.4, 0.5) is 10.1 Å². The van der Waals surface area contributed by atoms with E-state index in [1.165, 1.54) is 18.2 Å². The Morgan fingerprint density at radius 2 is 1.80 bits per heavy atom. The molecule has 0 fully saturated rings. The Kier molecular flexibility index (Phi) is 4.67. The van der Waals surface area contributed by atoms with Crippen molar-refractivity contribution in [3.05, 3.63) is 86.9 Å². The molecule has 1 amide bonds. The Morgan fingerprint density at radius 3 is 2.48 bits per heavy atom. The SMILES string of the molecule is Cc1c(Cl)cccc1NC(=O)c1ccc(-c2ccc(F)cc2)[nH]c1=O. The minimum absolute atomic E-state index is 0.0229. The highest BCUT2D eigenvalue weighted by Gasteiger charge is 2.13. The molecular weight excluding hydrogens is 343 g/mol. The van der Waals surface area contributed by atoms with Gasteiger partial charge >= 0.3 is 0 Å². The van der Waals surface area contributed by atoms with E-state index >= 15 is 0 Å². The van der Waals surface area contributed by atoms with Gasteiger partial charge in [-0.25, -0.2) is 4.39 Å². The first-order valence-corrected chi connectivity index (χ1v) is 7.89. The molecule has 3 rings (SSSR count). The third kappa shape index (κ3) is 3.61. The molecule has 2 N–H and O–H groups in total. The lowest BCUT2D eigenvalue weighted by molar-refractivity contribution is 0.102. The largest absolute Gasteiger partial charge is 0.322 e. The number of rotatable bonds is 3. The van der Waals surface area contributed by atoms with E-state index in [1.807, 2.05) is 0 Å². The lowest BCUT2D eigenvalue weighted by Gasteiger charge is -2.09. The number of pyridine rings is 1. The number of amides is 1. The smallest absolute Gasteiger partial charge is 0.261 e. The van der Waals surface area contributed by atoms with Crippen LogP contribution in [0.15, 0.2) is 59.4 Å². The van der Waals surface area contributed by atoms with Gasteiger partial charge in [0.05, 0.1) is 0 Å². The van der Waals surface area contributed by atoms with Crippen molar-refractivity contribution >= 4 is 23.2 Å². The molecule has 25 heavy (non-hydrogen) atoms. The molecule has 126 valence electrons. The maximum Gasteiger partial charge on any atom is 0.261 e. The highest BCUT2D eigenvalue weighted by molar-refractivity contribution is 6.31. The first kappa shape index (κ1) is 16.9. The van der Waals surface area contributed by atoms with Crippen molar-refractivity contribution in [1.82, 2.24) is 4.98 Å². The van der Waals surface area contributed by atoms with Crippen LogP contribution in [-0.4, -0.2) is 10.9 Å². The van der Waals surface area contributed by atoms with Crippen molar-refractivity contribution in [2.24, 2.45) is 0 Å². The number of carbonyl (C=O) groups is 1. The van der Waals surface area contributed by atoms with Crippen molar-refractivity contribution in [2.45, 2.75) is 6.92 Å². The third-order valence-corrected chi connectivity index (χ3v) is 4.23. The third-order valence-electron chi connectivity index (χ3n) is 3.83. The van der Waals surface area contributed by atoms with Crippen molar-refractivity contribution in [3.63, 3.8) is 0 Å². The molecule has 0 saturated heterocycles. The van der Waals surface area contributed by atoms with Crippen LogP contribution >= 0.6 is 11.6 Å². The Labute approximate surface area is 148 Å². The zero-order chi connectivity index (χ0) is 18.0. The molecule has 0 unspecified atom stereocenters. The molecule has 4 nitrogen and oxygen atoms in total. The van der Waals surface area contributed by atoms with Gasteiger partial charge in [0.1, 0.15) is 11.4 Å². The maximum atomic E-state index is 13.0. The lowest BCUT2D eigenvalue weighted by Crippen LogP contribution is -2.23. The summed E-state index contributed by atoms with van der Waals surface area (Å²) in [6, 6.07) is 13.9. The van der Waals surface area contributed by atoms with E-state index < -0.39 is 11.5 Å². The second-order valence-electron chi connectivity index (χ2n) is 5.49. The quantitative estimate of drug-likeness (QED) is 0.730. The van der Waals surface area contributed by atoms with E-state index in [-0.39, 0.29) is 11.4 Å². The second kappa shape index (κ2) is 6.91. The highest BCUT2D eigenvalue weighted by atomic mass is 35.5. The summed E-state index contributed by atoms with van der Waals surface area (Å²) >= 11 is 6.03. The first-order valence-electron chi connectivity index (χ1n) is 7.51. The topological polar surface area (TPSA) is 62.0 Å². The van der Waals surface area contributed by atoms with Gasteiger partial charge in [-0.15, -0.1) is 0 Å². The summed E-state index contributed by atoms with van der Waals surface area (Å²) in [5, 5.41) is 3.21. The van der Waals surface area contributed by atoms with Gasteiger partial charge in [0.15, 0.2) is 0 Å². The monoisotopic (exact) mass is 356 g/mol.